The number of aryl methyl sites for hydroxylation is 1. The molecule has 94 valence electrons. The van der Waals surface area contributed by atoms with Gasteiger partial charge in [-0.25, -0.2) is 5.84 Å². The number of hydrogen-bond acceptors (Lipinski definition) is 4. The Labute approximate surface area is 106 Å². The smallest absolute Gasteiger partial charge is 0.251 e. The first kappa shape index (κ1) is 12.4. The summed E-state index contributed by atoms with van der Waals surface area (Å²) in [7, 11) is 1.62. The summed E-state index contributed by atoms with van der Waals surface area (Å²) in [5.41, 5.74) is 4.25. The standard InChI is InChI=1S/C13H15N3O2/c1-18-9-3-5-10-8(6-9)2-4-11(10)12(7-14)13(17)16-15/h3,5-6,11-12H,2,4,15H2,1H3,(H,16,17). The Kier molecular flexibility index (Phi) is 3.49. The Morgan fingerprint density at radius 1 is 1.67 bits per heavy atom. The highest BCUT2D eigenvalue weighted by Crippen LogP contribution is 2.39. The Balaban J connectivity index is 2.31. The number of nitrogens with two attached hydrogens (primary N) is 1. The summed E-state index contributed by atoms with van der Waals surface area (Å²) in [6.45, 7) is 0. The van der Waals surface area contributed by atoms with Crippen molar-refractivity contribution in [3.05, 3.63) is 29.3 Å². The SMILES string of the molecule is COc1ccc2c(c1)CCC2C(C#N)C(=O)NN. The molecule has 0 aliphatic heterocycles. The molecule has 2 atom stereocenters. The van der Waals surface area contributed by atoms with Crippen molar-refractivity contribution in [3.8, 4) is 11.8 Å². The van der Waals surface area contributed by atoms with Gasteiger partial charge in [0.2, 0.25) is 0 Å². The number of ether oxygens (including phenoxy) is 1. The van der Waals surface area contributed by atoms with Crippen molar-refractivity contribution >= 4 is 5.91 Å². The Morgan fingerprint density at radius 2 is 2.44 bits per heavy atom. The first-order chi connectivity index (χ1) is 8.71. The van der Waals surface area contributed by atoms with Crippen molar-refractivity contribution in [2.75, 3.05) is 7.11 Å². The van der Waals surface area contributed by atoms with Crippen molar-refractivity contribution in [1.82, 2.24) is 5.43 Å². The number of hydrogen-bond donors (Lipinski definition) is 2. The van der Waals surface area contributed by atoms with Crippen LogP contribution in [0.2, 0.25) is 0 Å². The average Bonchev–Trinajstić information content (AvgIpc) is 2.82. The lowest BCUT2D eigenvalue weighted by molar-refractivity contribution is -0.124. The molecule has 1 aromatic carbocycles. The second-order valence-corrected chi connectivity index (χ2v) is 4.33. The van der Waals surface area contributed by atoms with E-state index < -0.39 is 11.8 Å². The van der Waals surface area contributed by atoms with Crippen LogP contribution >= 0.6 is 0 Å². The van der Waals surface area contributed by atoms with Crippen molar-refractivity contribution in [2.24, 2.45) is 11.8 Å². The van der Waals surface area contributed by atoms with E-state index in [0.717, 1.165) is 29.7 Å². The van der Waals surface area contributed by atoms with E-state index in [0.29, 0.717) is 0 Å². The maximum Gasteiger partial charge on any atom is 0.251 e. The molecule has 0 radical (unpaired) electrons. The zero-order valence-corrected chi connectivity index (χ0v) is 10.1. The first-order valence-corrected chi connectivity index (χ1v) is 5.78. The number of benzene rings is 1. The van der Waals surface area contributed by atoms with E-state index in [-0.39, 0.29) is 5.92 Å². The van der Waals surface area contributed by atoms with Gasteiger partial charge in [0.15, 0.2) is 0 Å². The molecule has 5 nitrogen and oxygen atoms in total. The van der Waals surface area contributed by atoms with Gasteiger partial charge in [0.05, 0.1) is 13.2 Å². The second-order valence-electron chi connectivity index (χ2n) is 4.33. The van der Waals surface area contributed by atoms with Gasteiger partial charge in [-0.05, 0) is 36.1 Å². The van der Waals surface area contributed by atoms with E-state index in [4.69, 9.17) is 15.8 Å². The predicted molar refractivity (Wildman–Crippen MR) is 65.5 cm³/mol. The van der Waals surface area contributed by atoms with Gasteiger partial charge in [-0.3, -0.25) is 10.2 Å². The number of methoxy groups -OCH3 is 1. The maximum absolute atomic E-state index is 11.6. The topological polar surface area (TPSA) is 88.1 Å². The minimum atomic E-state index is -0.732. The Hall–Kier alpha value is -2.06. The van der Waals surface area contributed by atoms with Crippen LogP contribution in [0.1, 0.15) is 23.5 Å². The molecule has 0 bridgehead atoms. The number of rotatable bonds is 3. The molecule has 1 aliphatic rings. The molecule has 0 heterocycles. The van der Waals surface area contributed by atoms with Crippen molar-refractivity contribution < 1.29 is 9.53 Å². The summed E-state index contributed by atoms with van der Waals surface area (Å²) in [5, 5.41) is 9.12. The minimum Gasteiger partial charge on any atom is -0.497 e. The van der Waals surface area contributed by atoms with Crippen LogP contribution in [0.25, 0.3) is 0 Å². The molecule has 0 saturated carbocycles. The van der Waals surface area contributed by atoms with Crippen LogP contribution in [-0.2, 0) is 11.2 Å². The third kappa shape index (κ3) is 2.03. The number of hydrazine groups is 1. The molecule has 3 N–H and O–H groups in total. The quantitative estimate of drug-likeness (QED) is 0.469. The van der Waals surface area contributed by atoms with Crippen LogP contribution in [0.15, 0.2) is 18.2 Å². The van der Waals surface area contributed by atoms with E-state index in [9.17, 15) is 4.79 Å². The predicted octanol–water partition coefficient (Wildman–Crippen LogP) is 0.855. The maximum atomic E-state index is 11.6. The molecule has 1 amide bonds. The molecule has 1 aromatic rings. The van der Waals surface area contributed by atoms with Crippen LogP contribution in [0.5, 0.6) is 5.75 Å². The van der Waals surface area contributed by atoms with Crippen molar-refractivity contribution in [1.29, 1.82) is 5.26 Å². The Morgan fingerprint density at radius 3 is 3.06 bits per heavy atom. The fraction of sp³-hybridized carbons (Fsp3) is 0.385. The van der Waals surface area contributed by atoms with E-state index in [1.807, 2.05) is 24.3 Å². The zero-order chi connectivity index (χ0) is 13.1. The van der Waals surface area contributed by atoms with Gasteiger partial charge < -0.3 is 4.74 Å². The lowest BCUT2D eigenvalue weighted by Gasteiger charge is -2.16. The highest BCUT2D eigenvalue weighted by Gasteiger charge is 2.34. The number of nitrogens with zero attached hydrogens (tertiary/aromatic N) is 1. The van der Waals surface area contributed by atoms with Crippen molar-refractivity contribution in [3.63, 3.8) is 0 Å². The van der Waals surface area contributed by atoms with E-state index in [1.165, 1.54) is 0 Å². The van der Waals surface area contributed by atoms with Crippen LogP contribution in [-0.4, -0.2) is 13.0 Å². The van der Waals surface area contributed by atoms with Crippen molar-refractivity contribution in [2.45, 2.75) is 18.8 Å². The lowest BCUT2D eigenvalue weighted by Crippen LogP contribution is -2.37. The van der Waals surface area contributed by atoms with Crippen LogP contribution < -0.4 is 16.0 Å². The normalized spacial score (nSPS) is 18.6. The number of carbonyl (C=O) groups is 1. The summed E-state index contributed by atoms with van der Waals surface area (Å²) in [4.78, 5) is 11.6. The Bertz CT molecular complexity index is 507. The van der Waals surface area contributed by atoms with Gasteiger partial charge in [-0.1, -0.05) is 6.07 Å². The monoisotopic (exact) mass is 245 g/mol. The zero-order valence-electron chi connectivity index (χ0n) is 10.1. The van der Waals surface area contributed by atoms with Gasteiger partial charge in [0.25, 0.3) is 5.91 Å². The fourth-order valence-corrected chi connectivity index (χ4v) is 2.52. The van der Waals surface area contributed by atoms with Gasteiger partial charge in [0, 0.05) is 5.92 Å². The van der Waals surface area contributed by atoms with E-state index >= 15 is 0 Å². The van der Waals surface area contributed by atoms with Gasteiger partial charge in [0.1, 0.15) is 11.7 Å². The van der Waals surface area contributed by atoms with E-state index in [1.54, 1.807) is 7.11 Å². The molecule has 0 aromatic heterocycles. The molecule has 0 spiro atoms. The van der Waals surface area contributed by atoms with Crippen LogP contribution in [0, 0.1) is 17.2 Å². The molecule has 1 aliphatic carbocycles. The number of nitrogens with one attached hydrogen (secondary N) is 1. The molecule has 2 rings (SSSR count). The highest BCUT2D eigenvalue weighted by molar-refractivity contribution is 5.81. The van der Waals surface area contributed by atoms with Crippen LogP contribution in [0.4, 0.5) is 0 Å². The number of nitriles is 1. The van der Waals surface area contributed by atoms with Crippen LogP contribution in [0.3, 0.4) is 0 Å². The summed E-state index contributed by atoms with van der Waals surface area (Å²) in [6, 6.07) is 7.79. The third-order valence-corrected chi connectivity index (χ3v) is 3.44. The van der Waals surface area contributed by atoms with E-state index in [2.05, 4.69) is 5.43 Å². The van der Waals surface area contributed by atoms with Gasteiger partial charge in [-0.15, -0.1) is 0 Å². The molecule has 2 unspecified atom stereocenters. The average molecular weight is 245 g/mol. The molecule has 0 fully saturated rings. The molecular formula is C13H15N3O2. The number of fused-ring (bicyclic) bond motifs is 1. The lowest BCUT2D eigenvalue weighted by atomic mass is 9.87. The molecular weight excluding hydrogens is 230 g/mol. The highest BCUT2D eigenvalue weighted by atomic mass is 16.5. The number of carbonyl (C=O) groups excluding carboxylic acids is 1. The van der Waals surface area contributed by atoms with Gasteiger partial charge in [-0.2, -0.15) is 5.26 Å². The summed E-state index contributed by atoms with van der Waals surface area (Å²) in [6.07, 6.45) is 1.64. The minimum absolute atomic E-state index is 0.0838. The largest absolute Gasteiger partial charge is 0.497 e. The second kappa shape index (κ2) is 5.07. The first-order valence-electron chi connectivity index (χ1n) is 5.78. The molecule has 0 saturated heterocycles. The number of amides is 1. The van der Waals surface area contributed by atoms with Gasteiger partial charge >= 0.3 is 0 Å². The molecule has 5 heteroatoms. The summed E-state index contributed by atoms with van der Waals surface area (Å²) < 4.78 is 5.17. The third-order valence-electron chi connectivity index (χ3n) is 3.44. The fourth-order valence-electron chi connectivity index (χ4n) is 2.52. The molecule has 18 heavy (non-hydrogen) atoms. The summed E-state index contributed by atoms with van der Waals surface area (Å²) >= 11 is 0. The summed E-state index contributed by atoms with van der Waals surface area (Å²) in [5.74, 6) is 4.67.